The summed E-state index contributed by atoms with van der Waals surface area (Å²) in [6.07, 6.45) is 6.46. The van der Waals surface area contributed by atoms with Gasteiger partial charge in [-0.3, -0.25) is 9.69 Å². The average molecular weight is 1030 g/mol. The number of piperidine rings is 1. The zero-order valence-corrected chi connectivity index (χ0v) is 44.2. The van der Waals surface area contributed by atoms with Gasteiger partial charge in [-0.25, -0.2) is 8.42 Å². The molecule has 1 fully saturated rings. The van der Waals surface area contributed by atoms with Crippen LogP contribution in [-0.4, -0.2) is 121 Å². The molecule has 1 aliphatic carbocycles. The maximum Gasteiger partial charge on any atom is 0.289 e. The molecule has 392 valence electrons. The van der Waals surface area contributed by atoms with E-state index in [1.54, 1.807) is 40.6 Å². The van der Waals surface area contributed by atoms with Crippen LogP contribution in [0.3, 0.4) is 0 Å². The van der Waals surface area contributed by atoms with Gasteiger partial charge in [0.05, 0.1) is 59.7 Å². The first-order chi connectivity index (χ1) is 36.0. The molecule has 1 amide bonds. The Bertz CT molecular complexity index is 3000. The summed E-state index contributed by atoms with van der Waals surface area (Å²) in [6.45, 7) is 4.05. The third-order valence-electron chi connectivity index (χ3n) is 16.3. The molecule has 4 aliphatic heterocycles. The molecule has 5 aromatic carbocycles. The van der Waals surface area contributed by atoms with Crippen molar-refractivity contribution in [2.75, 3.05) is 81.5 Å². The molecule has 14 nitrogen and oxygen atoms in total. The summed E-state index contributed by atoms with van der Waals surface area (Å²) in [6, 6.07) is 29.3. The number of amides is 1. The van der Waals surface area contributed by atoms with E-state index >= 15 is 4.79 Å². The summed E-state index contributed by atoms with van der Waals surface area (Å²) in [5.41, 5.74) is 10.7. The molecule has 0 unspecified atom stereocenters. The van der Waals surface area contributed by atoms with E-state index in [1.165, 1.54) is 56.9 Å². The molecule has 5 aliphatic rings. The van der Waals surface area contributed by atoms with E-state index in [1.807, 2.05) is 11.0 Å². The van der Waals surface area contributed by atoms with Crippen molar-refractivity contribution in [3.05, 3.63) is 142 Å². The van der Waals surface area contributed by atoms with Crippen molar-refractivity contribution in [1.29, 1.82) is 0 Å². The molecule has 0 aromatic heterocycles. The molecule has 1 N–H and O–H groups in total. The van der Waals surface area contributed by atoms with Crippen LogP contribution in [0.5, 0.6) is 28.7 Å². The van der Waals surface area contributed by atoms with Crippen molar-refractivity contribution in [1.82, 2.24) is 14.1 Å². The number of allylic oxidation sites excluding steroid dienone is 1. The summed E-state index contributed by atoms with van der Waals surface area (Å²) in [5, 5.41) is 10.0. The average Bonchev–Trinajstić information content (AvgIpc) is 3.82. The van der Waals surface area contributed by atoms with Gasteiger partial charge in [-0.15, -0.1) is 0 Å². The second-order valence-corrected chi connectivity index (χ2v) is 22.0. The SMILES string of the molecule is CC[C@H]1CN2CCc3cc(OC)c(OC)cc3[C@@H]2C[C@@H]1C[C@@H]1c2cc(OC)c(OC)cc2CCN1C(=O)C1=C[C@H](c2cccc3c2Cc2ccccc2-3)C[C@H](OCCN(CCO)S(=O)(=O)c2ccc(OC)cc2)O1. The first kappa shape index (κ1) is 51.4. The molecular formula is C59H69N3O11S. The number of rotatable bonds is 18. The van der Waals surface area contributed by atoms with Crippen molar-refractivity contribution < 1.29 is 51.5 Å². The molecule has 0 spiro atoms. The highest BCUT2D eigenvalue weighted by Crippen LogP contribution is 2.50. The summed E-state index contributed by atoms with van der Waals surface area (Å²) < 4.78 is 70.9. The molecule has 5 aromatic rings. The quantitative estimate of drug-likeness (QED) is 0.0878. The minimum atomic E-state index is -4.01. The lowest BCUT2D eigenvalue weighted by Gasteiger charge is -2.49. The third kappa shape index (κ3) is 9.85. The topological polar surface area (TPSA) is 146 Å². The van der Waals surface area contributed by atoms with Gasteiger partial charge in [0.25, 0.3) is 5.91 Å². The number of ether oxygens (including phenoxy) is 7. The van der Waals surface area contributed by atoms with Gasteiger partial charge in [-0.05, 0) is 149 Å². The van der Waals surface area contributed by atoms with E-state index in [9.17, 15) is 13.5 Å². The zero-order chi connectivity index (χ0) is 51.7. The zero-order valence-electron chi connectivity index (χ0n) is 43.4. The Morgan fingerprint density at radius 1 is 0.730 bits per heavy atom. The number of aliphatic hydroxyl groups is 1. The van der Waals surface area contributed by atoms with Gasteiger partial charge >= 0.3 is 0 Å². The fourth-order valence-electron chi connectivity index (χ4n) is 12.5. The van der Waals surface area contributed by atoms with E-state index in [0.29, 0.717) is 42.6 Å². The molecule has 0 saturated carbocycles. The first-order valence-electron chi connectivity index (χ1n) is 26.0. The lowest BCUT2D eigenvalue weighted by Crippen LogP contribution is -2.48. The Morgan fingerprint density at radius 2 is 1.41 bits per heavy atom. The number of fused-ring (bicyclic) bond motifs is 7. The van der Waals surface area contributed by atoms with E-state index in [-0.39, 0.29) is 66.8 Å². The summed E-state index contributed by atoms with van der Waals surface area (Å²) in [7, 11) is 4.19. The van der Waals surface area contributed by atoms with Crippen molar-refractivity contribution in [3.8, 4) is 39.9 Å². The third-order valence-corrected chi connectivity index (χ3v) is 18.2. The normalized spacial score (nSPS) is 22.1. The minimum Gasteiger partial charge on any atom is -0.497 e. The van der Waals surface area contributed by atoms with E-state index in [4.69, 9.17) is 33.2 Å². The van der Waals surface area contributed by atoms with Gasteiger partial charge < -0.3 is 43.2 Å². The fraction of sp³-hybridized carbons (Fsp3) is 0.441. The van der Waals surface area contributed by atoms with Gasteiger partial charge in [-0.1, -0.05) is 55.8 Å². The van der Waals surface area contributed by atoms with Crippen molar-refractivity contribution in [2.45, 2.75) is 81.1 Å². The van der Waals surface area contributed by atoms with Crippen LogP contribution in [0.15, 0.2) is 108 Å². The number of sulfonamides is 1. The first-order valence-corrected chi connectivity index (χ1v) is 27.4. The summed E-state index contributed by atoms with van der Waals surface area (Å²) in [5.74, 6) is 3.64. The Kier molecular flexibility index (Phi) is 15.3. The molecule has 1 saturated heterocycles. The number of benzene rings is 5. The van der Waals surface area contributed by atoms with Crippen LogP contribution in [0, 0.1) is 11.8 Å². The maximum atomic E-state index is 15.8. The highest BCUT2D eigenvalue weighted by molar-refractivity contribution is 7.89. The monoisotopic (exact) mass is 1030 g/mol. The van der Waals surface area contributed by atoms with Crippen LogP contribution < -0.4 is 23.7 Å². The predicted molar refractivity (Wildman–Crippen MR) is 282 cm³/mol. The Balaban J connectivity index is 0.985. The molecule has 74 heavy (non-hydrogen) atoms. The van der Waals surface area contributed by atoms with Crippen LogP contribution >= 0.6 is 0 Å². The predicted octanol–water partition coefficient (Wildman–Crippen LogP) is 8.88. The van der Waals surface area contributed by atoms with Crippen LogP contribution in [-0.2, 0) is 43.6 Å². The molecule has 15 heteroatoms. The highest BCUT2D eigenvalue weighted by Gasteiger charge is 2.44. The lowest BCUT2D eigenvalue weighted by atomic mass is 9.72. The van der Waals surface area contributed by atoms with Crippen molar-refractivity contribution in [3.63, 3.8) is 0 Å². The number of methoxy groups -OCH3 is 5. The number of aliphatic hydroxyl groups excluding tert-OH is 1. The number of hydrogen-bond acceptors (Lipinski definition) is 12. The van der Waals surface area contributed by atoms with Crippen molar-refractivity contribution in [2.24, 2.45) is 11.8 Å². The van der Waals surface area contributed by atoms with Gasteiger partial charge in [0.15, 0.2) is 28.8 Å². The lowest BCUT2D eigenvalue weighted by molar-refractivity contribution is -0.155. The van der Waals surface area contributed by atoms with Gasteiger partial charge in [0, 0.05) is 51.1 Å². The van der Waals surface area contributed by atoms with Gasteiger partial charge in [-0.2, -0.15) is 4.31 Å². The second kappa shape index (κ2) is 22.0. The fourth-order valence-corrected chi connectivity index (χ4v) is 13.9. The number of carbonyl (C=O) groups excluding carboxylic acids is 1. The number of carbonyl (C=O) groups is 1. The number of hydrogen-bond donors (Lipinski definition) is 1. The van der Waals surface area contributed by atoms with Crippen molar-refractivity contribution >= 4 is 15.9 Å². The largest absolute Gasteiger partial charge is 0.497 e. The smallest absolute Gasteiger partial charge is 0.289 e. The molecule has 6 atom stereocenters. The van der Waals surface area contributed by atoms with Crippen LogP contribution in [0.1, 0.15) is 89.6 Å². The van der Waals surface area contributed by atoms with Crippen LogP contribution in [0.25, 0.3) is 11.1 Å². The molecule has 0 radical (unpaired) electrons. The molecule has 4 heterocycles. The maximum absolute atomic E-state index is 15.8. The Morgan fingerprint density at radius 3 is 2.11 bits per heavy atom. The highest BCUT2D eigenvalue weighted by atomic mass is 32.2. The standard InChI is InChI=1S/C59H69N3O11S/c1-7-37-36-60-21-19-39-30-53(68-3)55(70-5)34-48(39)51(60)28-41(37)29-52-49-35-56(71-6)54(69-4)31-40(49)20-22-62(52)59(64)57-32-42(46-13-10-14-47-45-12-9-8-11-38(45)27-50(46)47)33-58(73-57)72-26-24-61(23-25-63)74(65,66)44-17-15-43(67-2)16-18-44/h8-18,30-32,34-35,37,41-42,51-52,58,63H,7,19-29,33,36H2,1-6H3/t37-,41+,42-,51-,52+,58+/m0/s1. The van der Waals surface area contributed by atoms with Gasteiger partial charge in [0.2, 0.25) is 16.3 Å². The van der Waals surface area contributed by atoms with E-state index < -0.39 is 16.3 Å². The Hall–Kier alpha value is -6.10. The summed E-state index contributed by atoms with van der Waals surface area (Å²) in [4.78, 5) is 20.5. The summed E-state index contributed by atoms with van der Waals surface area (Å²) >= 11 is 0. The van der Waals surface area contributed by atoms with E-state index in [2.05, 4.69) is 78.6 Å². The van der Waals surface area contributed by atoms with Crippen LogP contribution in [0.2, 0.25) is 0 Å². The van der Waals surface area contributed by atoms with E-state index in [0.717, 1.165) is 73.4 Å². The molecular weight excluding hydrogens is 959 g/mol. The Labute approximate surface area is 435 Å². The molecule has 0 bridgehead atoms. The molecule has 10 rings (SSSR count). The van der Waals surface area contributed by atoms with Crippen LogP contribution in [0.4, 0.5) is 0 Å². The second-order valence-electron chi connectivity index (χ2n) is 20.0. The number of nitrogens with zero attached hydrogens (tertiary/aromatic N) is 3. The minimum absolute atomic E-state index is 0.0476. The van der Waals surface area contributed by atoms with Gasteiger partial charge in [0.1, 0.15) is 5.75 Å².